The van der Waals surface area contributed by atoms with Crippen LogP contribution in [0.2, 0.25) is 0 Å². The van der Waals surface area contributed by atoms with Crippen molar-refractivity contribution in [2.75, 3.05) is 26.2 Å². The van der Waals surface area contributed by atoms with Gasteiger partial charge in [0.1, 0.15) is 6.04 Å². The van der Waals surface area contributed by atoms with E-state index in [0.29, 0.717) is 23.0 Å². The lowest BCUT2D eigenvalue weighted by molar-refractivity contribution is -0.136. The van der Waals surface area contributed by atoms with E-state index in [2.05, 4.69) is 15.5 Å². The first-order chi connectivity index (χ1) is 14.5. The number of hydrogen-bond acceptors (Lipinski definition) is 6. The second kappa shape index (κ2) is 7.59. The Morgan fingerprint density at radius 3 is 2.60 bits per heavy atom. The van der Waals surface area contributed by atoms with Crippen LogP contribution in [0.3, 0.4) is 0 Å². The first kappa shape index (κ1) is 19.4. The van der Waals surface area contributed by atoms with Crippen LogP contribution in [0.4, 0.5) is 0 Å². The molecule has 0 saturated carbocycles. The van der Waals surface area contributed by atoms with E-state index < -0.39 is 23.8 Å². The van der Waals surface area contributed by atoms with Crippen molar-refractivity contribution < 1.29 is 19.2 Å². The van der Waals surface area contributed by atoms with Gasteiger partial charge in [0.2, 0.25) is 11.8 Å². The molecule has 3 atom stereocenters. The maximum atomic E-state index is 13.0. The van der Waals surface area contributed by atoms with Crippen molar-refractivity contribution in [1.29, 1.82) is 0 Å². The van der Waals surface area contributed by atoms with Crippen molar-refractivity contribution in [2.45, 2.75) is 38.3 Å². The molecule has 30 heavy (non-hydrogen) atoms. The minimum absolute atomic E-state index is 0.126. The number of nitrogens with one attached hydrogen (secondary N) is 2. The smallest absolute Gasteiger partial charge is 0.262 e. The second-order valence-electron chi connectivity index (χ2n) is 8.98. The van der Waals surface area contributed by atoms with Crippen LogP contribution in [-0.4, -0.2) is 65.6 Å². The van der Waals surface area contributed by atoms with Crippen molar-refractivity contribution in [1.82, 2.24) is 20.4 Å². The van der Waals surface area contributed by atoms with Gasteiger partial charge in [-0.05, 0) is 61.9 Å². The van der Waals surface area contributed by atoms with Crippen molar-refractivity contribution in [3.8, 4) is 0 Å². The highest BCUT2D eigenvalue weighted by Crippen LogP contribution is 2.30. The Bertz CT molecular complexity index is 916. The summed E-state index contributed by atoms with van der Waals surface area (Å²) in [5.74, 6) is -0.474. The van der Waals surface area contributed by atoms with E-state index in [9.17, 15) is 19.2 Å². The van der Waals surface area contributed by atoms with Crippen LogP contribution < -0.4 is 10.6 Å². The summed E-state index contributed by atoms with van der Waals surface area (Å²) in [6.07, 6.45) is 2.78. The van der Waals surface area contributed by atoms with Gasteiger partial charge in [-0.15, -0.1) is 0 Å². The van der Waals surface area contributed by atoms with Crippen LogP contribution in [0, 0.1) is 11.8 Å². The van der Waals surface area contributed by atoms with Crippen molar-refractivity contribution in [3.63, 3.8) is 0 Å². The zero-order valence-electron chi connectivity index (χ0n) is 16.9. The van der Waals surface area contributed by atoms with Crippen LogP contribution >= 0.6 is 0 Å². The molecule has 0 aromatic heterocycles. The molecule has 1 aromatic carbocycles. The highest BCUT2D eigenvalue weighted by Gasteiger charge is 2.44. The van der Waals surface area contributed by atoms with Crippen molar-refractivity contribution >= 4 is 23.6 Å². The molecule has 2 bridgehead atoms. The van der Waals surface area contributed by atoms with E-state index in [4.69, 9.17) is 0 Å². The molecule has 2 N–H and O–H groups in total. The summed E-state index contributed by atoms with van der Waals surface area (Å²) in [5.41, 5.74) is 1.70. The van der Waals surface area contributed by atoms with Gasteiger partial charge in [-0.1, -0.05) is 6.07 Å². The third kappa shape index (κ3) is 3.44. The fraction of sp³-hybridized carbons (Fsp3) is 0.545. The zero-order chi connectivity index (χ0) is 20.8. The van der Waals surface area contributed by atoms with Gasteiger partial charge in [0.05, 0.1) is 11.1 Å². The minimum Gasteiger partial charge on any atom is -0.316 e. The highest BCUT2D eigenvalue weighted by molar-refractivity contribution is 6.23. The fourth-order valence-electron chi connectivity index (χ4n) is 5.40. The minimum atomic E-state index is -0.920. The average molecular weight is 410 g/mol. The second-order valence-corrected chi connectivity index (χ2v) is 8.98. The summed E-state index contributed by atoms with van der Waals surface area (Å²) < 4.78 is 0. The topological polar surface area (TPSA) is 98.8 Å². The molecular weight excluding hydrogens is 384 g/mol. The molecule has 1 aromatic rings. The van der Waals surface area contributed by atoms with E-state index in [1.54, 1.807) is 12.1 Å². The Morgan fingerprint density at radius 1 is 0.967 bits per heavy atom. The Balaban J connectivity index is 1.33. The average Bonchev–Trinajstić information content (AvgIpc) is 2.84. The maximum absolute atomic E-state index is 13.0. The number of carbonyl (C=O) groups is 4. The van der Waals surface area contributed by atoms with Gasteiger partial charge in [-0.3, -0.25) is 34.3 Å². The normalized spacial score (nSPS) is 29.6. The first-order valence-corrected chi connectivity index (χ1v) is 10.8. The van der Waals surface area contributed by atoms with Crippen LogP contribution in [0.15, 0.2) is 18.2 Å². The summed E-state index contributed by atoms with van der Waals surface area (Å²) in [6.45, 7) is 4.99. The summed E-state index contributed by atoms with van der Waals surface area (Å²) >= 11 is 0. The van der Waals surface area contributed by atoms with Gasteiger partial charge in [0.15, 0.2) is 0 Å². The Hall–Kier alpha value is -2.58. The molecule has 0 spiro atoms. The number of fused-ring (bicyclic) bond motifs is 3. The lowest BCUT2D eigenvalue weighted by atomic mass is 9.88. The monoisotopic (exact) mass is 410 g/mol. The van der Waals surface area contributed by atoms with Gasteiger partial charge >= 0.3 is 0 Å². The van der Waals surface area contributed by atoms with E-state index in [1.165, 1.54) is 12.8 Å². The molecule has 8 nitrogen and oxygen atoms in total. The highest BCUT2D eigenvalue weighted by atomic mass is 16.2. The molecule has 0 aliphatic carbocycles. The Morgan fingerprint density at radius 2 is 1.77 bits per heavy atom. The molecule has 4 amide bonds. The Labute approximate surface area is 175 Å². The number of nitrogens with zero attached hydrogens (tertiary/aromatic N) is 2. The maximum Gasteiger partial charge on any atom is 0.262 e. The quantitative estimate of drug-likeness (QED) is 0.705. The standard InChI is InChI=1S/C22H26N4O4/c27-19-4-3-18(20(28)24-19)26-21(29)16-2-1-13(8-17(16)22(26)30)10-25-11-14-5-6-23-9-15(7-14)12-25/h1-2,8,14-15,18,23H,3-7,9-12H2,(H,24,27,28). The number of likely N-dealkylation sites (tertiary alicyclic amines) is 1. The number of piperidine rings is 2. The fourth-order valence-corrected chi connectivity index (χ4v) is 5.40. The van der Waals surface area contributed by atoms with Gasteiger partial charge in [-0.25, -0.2) is 0 Å². The molecule has 8 heteroatoms. The van der Waals surface area contributed by atoms with E-state index >= 15 is 0 Å². The van der Waals surface area contributed by atoms with Crippen LogP contribution in [0.25, 0.3) is 0 Å². The third-order valence-electron chi connectivity index (χ3n) is 6.77. The number of amides is 4. The molecule has 158 valence electrons. The number of benzene rings is 1. The number of imide groups is 2. The van der Waals surface area contributed by atoms with Crippen LogP contribution in [0.1, 0.15) is 52.0 Å². The van der Waals surface area contributed by atoms with Gasteiger partial charge in [0.25, 0.3) is 11.8 Å². The SMILES string of the molecule is O=C1CCC(N2C(=O)c3ccc(CN4CC5CCNCC(C5)C4)cc3C2=O)C(=O)N1. The lowest BCUT2D eigenvalue weighted by Gasteiger charge is -2.36. The molecule has 4 heterocycles. The van der Waals surface area contributed by atoms with Crippen LogP contribution in [0.5, 0.6) is 0 Å². The van der Waals surface area contributed by atoms with Crippen molar-refractivity contribution in [3.05, 3.63) is 34.9 Å². The predicted octanol–water partition coefficient (Wildman–Crippen LogP) is 0.519. The van der Waals surface area contributed by atoms with Gasteiger partial charge in [0, 0.05) is 26.1 Å². The Kier molecular flexibility index (Phi) is 4.91. The van der Waals surface area contributed by atoms with Gasteiger partial charge in [-0.2, -0.15) is 0 Å². The molecule has 0 radical (unpaired) electrons. The molecule has 3 saturated heterocycles. The van der Waals surface area contributed by atoms with Crippen molar-refractivity contribution in [2.24, 2.45) is 11.8 Å². The summed E-state index contributed by atoms with van der Waals surface area (Å²) in [5, 5.41) is 5.75. The summed E-state index contributed by atoms with van der Waals surface area (Å²) in [6, 6.07) is 4.50. The van der Waals surface area contributed by atoms with Crippen LogP contribution in [-0.2, 0) is 16.1 Å². The third-order valence-corrected chi connectivity index (χ3v) is 6.77. The molecular formula is C22H26N4O4. The molecule has 3 unspecified atom stereocenters. The summed E-state index contributed by atoms with van der Waals surface area (Å²) in [7, 11) is 0. The zero-order valence-corrected chi connectivity index (χ0v) is 16.9. The summed E-state index contributed by atoms with van der Waals surface area (Å²) in [4.78, 5) is 52.9. The van der Waals surface area contributed by atoms with E-state index in [0.717, 1.165) is 43.2 Å². The largest absolute Gasteiger partial charge is 0.316 e. The molecule has 4 aliphatic heterocycles. The molecule has 5 rings (SSSR count). The van der Waals surface area contributed by atoms with E-state index in [-0.39, 0.29) is 18.7 Å². The number of carbonyl (C=O) groups excluding carboxylic acids is 4. The van der Waals surface area contributed by atoms with E-state index in [1.807, 2.05) is 6.07 Å². The number of hydrogen-bond donors (Lipinski definition) is 2. The predicted molar refractivity (Wildman–Crippen MR) is 107 cm³/mol. The molecule has 3 fully saturated rings. The molecule has 4 aliphatic rings. The van der Waals surface area contributed by atoms with Gasteiger partial charge < -0.3 is 5.32 Å². The lowest BCUT2D eigenvalue weighted by Crippen LogP contribution is -2.54. The first-order valence-electron chi connectivity index (χ1n) is 10.8. The number of rotatable bonds is 3.